The second-order valence-corrected chi connectivity index (χ2v) is 5.65. The van der Waals surface area contributed by atoms with Crippen LogP contribution in [0.1, 0.15) is 55.3 Å². The summed E-state index contributed by atoms with van der Waals surface area (Å²) in [6.07, 6.45) is 9.29. The molecule has 1 heterocycles. The van der Waals surface area contributed by atoms with Crippen LogP contribution in [0, 0.1) is 0 Å². The average molecular weight is 298 g/mol. The summed E-state index contributed by atoms with van der Waals surface area (Å²) >= 11 is 0. The average Bonchev–Trinajstić information content (AvgIpc) is 2.87. The van der Waals surface area contributed by atoms with Gasteiger partial charge in [0, 0.05) is 10.9 Å². The Morgan fingerprint density at radius 2 is 2.09 bits per heavy atom. The van der Waals surface area contributed by atoms with E-state index in [2.05, 4.69) is 6.92 Å². The summed E-state index contributed by atoms with van der Waals surface area (Å²) in [7, 11) is 0. The van der Waals surface area contributed by atoms with E-state index in [1.165, 1.54) is 0 Å². The molecular weight excluding hydrogens is 276 g/mol. The SMILES string of the molecule is CCC/C=C/c1cc2c(C=O)c(O)c(CC=C(C)C)cc2o1. The number of phenolic OH excluding ortho intramolecular Hbond substituents is 1. The van der Waals surface area contributed by atoms with Crippen LogP contribution in [0.5, 0.6) is 5.75 Å². The molecule has 0 unspecified atom stereocenters. The Labute approximate surface area is 130 Å². The van der Waals surface area contributed by atoms with Crippen LogP contribution in [0.4, 0.5) is 0 Å². The van der Waals surface area contributed by atoms with Crippen molar-refractivity contribution in [1.29, 1.82) is 0 Å². The molecule has 22 heavy (non-hydrogen) atoms. The minimum Gasteiger partial charge on any atom is -0.507 e. The van der Waals surface area contributed by atoms with Crippen molar-refractivity contribution in [3.05, 3.63) is 46.7 Å². The van der Waals surface area contributed by atoms with E-state index in [1.807, 2.05) is 38.1 Å². The zero-order chi connectivity index (χ0) is 16.1. The van der Waals surface area contributed by atoms with Gasteiger partial charge in [0.05, 0.1) is 5.56 Å². The third-order valence-corrected chi connectivity index (χ3v) is 3.52. The predicted molar refractivity (Wildman–Crippen MR) is 90.3 cm³/mol. The van der Waals surface area contributed by atoms with Gasteiger partial charge in [0.1, 0.15) is 17.1 Å². The van der Waals surface area contributed by atoms with Gasteiger partial charge in [-0.25, -0.2) is 0 Å². The van der Waals surface area contributed by atoms with E-state index >= 15 is 0 Å². The first-order chi connectivity index (χ1) is 10.6. The van der Waals surface area contributed by atoms with Gasteiger partial charge < -0.3 is 9.52 Å². The molecule has 0 amide bonds. The summed E-state index contributed by atoms with van der Waals surface area (Å²) in [5.74, 6) is 0.746. The van der Waals surface area contributed by atoms with Crippen molar-refractivity contribution >= 4 is 23.3 Å². The molecule has 0 spiro atoms. The zero-order valence-electron chi connectivity index (χ0n) is 13.3. The van der Waals surface area contributed by atoms with Crippen molar-refractivity contribution < 1.29 is 14.3 Å². The van der Waals surface area contributed by atoms with Gasteiger partial charge in [-0.15, -0.1) is 0 Å². The molecule has 1 aromatic heterocycles. The van der Waals surface area contributed by atoms with Crippen LogP contribution in [0.15, 0.2) is 34.3 Å². The zero-order valence-corrected chi connectivity index (χ0v) is 13.3. The van der Waals surface area contributed by atoms with Crippen molar-refractivity contribution in [2.75, 3.05) is 0 Å². The lowest BCUT2D eigenvalue weighted by molar-refractivity contribution is 0.112. The summed E-state index contributed by atoms with van der Waals surface area (Å²) in [6, 6.07) is 3.61. The van der Waals surface area contributed by atoms with Gasteiger partial charge in [0.2, 0.25) is 0 Å². The van der Waals surface area contributed by atoms with E-state index in [9.17, 15) is 9.90 Å². The number of unbranched alkanes of at least 4 members (excludes halogenated alkanes) is 1. The van der Waals surface area contributed by atoms with E-state index in [1.54, 1.807) is 6.07 Å². The first-order valence-electron chi connectivity index (χ1n) is 7.60. The van der Waals surface area contributed by atoms with Gasteiger partial charge in [-0.3, -0.25) is 4.79 Å². The summed E-state index contributed by atoms with van der Waals surface area (Å²) in [5, 5.41) is 11.0. The van der Waals surface area contributed by atoms with E-state index < -0.39 is 0 Å². The van der Waals surface area contributed by atoms with Crippen LogP contribution in [0.2, 0.25) is 0 Å². The molecule has 0 aliphatic rings. The summed E-state index contributed by atoms with van der Waals surface area (Å²) in [4.78, 5) is 11.4. The first kappa shape index (κ1) is 16.1. The molecule has 2 aromatic rings. The van der Waals surface area contributed by atoms with E-state index in [-0.39, 0.29) is 5.75 Å². The molecule has 2 rings (SSSR count). The van der Waals surface area contributed by atoms with Gasteiger partial charge >= 0.3 is 0 Å². The van der Waals surface area contributed by atoms with Crippen molar-refractivity contribution in [3.8, 4) is 5.75 Å². The van der Waals surface area contributed by atoms with Crippen LogP contribution in [-0.2, 0) is 6.42 Å². The molecule has 3 nitrogen and oxygen atoms in total. The van der Waals surface area contributed by atoms with Gasteiger partial charge in [-0.05, 0) is 44.9 Å². The lowest BCUT2D eigenvalue weighted by atomic mass is 10.0. The Balaban J connectivity index is 2.50. The molecule has 116 valence electrons. The van der Waals surface area contributed by atoms with E-state index in [0.717, 1.165) is 18.4 Å². The smallest absolute Gasteiger partial charge is 0.154 e. The van der Waals surface area contributed by atoms with Crippen LogP contribution in [0.3, 0.4) is 0 Å². The largest absolute Gasteiger partial charge is 0.507 e. The van der Waals surface area contributed by atoms with Gasteiger partial charge in [-0.2, -0.15) is 0 Å². The molecule has 0 bridgehead atoms. The number of rotatable bonds is 6. The number of benzene rings is 1. The van der Waals surface area contributed by atoms with Crippen LogP contribution >= 0.6 is 0 Å². The molecule has 0 fully saturated rings. The van der Waals surface area contributed by atoms with Crippen LogP contribution < -0.4 is 0 Å². The lowest BCUT2D eigenvalue weighted by Gasteiger charge is -2.05. The highest BCUT2D eigenvalue weighted by molar-refractivity contribution is 6.00. The summed E-state index contributed by atoms with van der Waals surface area (Å²) in [6.45, 7) is 6.11. The van der Waals surface area contributed by atoms with Gasteiger partial charge in [0.15, 0.2) is 6.29 Å². The number of carbonyl (C=O) groups is 1. The molecular formula is C19H22O3. The Hall–Kier alpha value is -2.29. The number of aldehydes is 1. The number of furan rings is 1. The Kier molecular flexibility index (Phi) is 5.21. The van der Waals surface area contributed by atoms with E-state index in [4.69, 9.17) is 4.42 Å². The standard InChI is InChI=1S/C19H22O3/c1-4-5-6-7-15-11-16-17(12-20)19(21)14(9-8-13(2)3)10-18(16)22-15/h6-8,10-12,21H,4-5,9H2,1-3H3/b7-6+. The number of aromatic hydroxyl groups is 1. The second-order valence-electron chi connectivity index (χ2n) is 5.65. The highest BCUT2D eigenvalue weighted by Crippen LogP contribution is 2.33. The van der Waals surface area contributed by atoms with Crippen molar-refractivity contribution in [1.82, 2.24) is 0 Å². The fourth-order valence-electron chi connectivity index (χ4n) is 2.31. The van der Waals surface area contributed by atoms with Crippen molar-refractivity contribution in [2.45, 2.75) is 40.0 Å². The lowest BCUT2D eigenvalue weighted by Crippen LogP contribution is -1.90. The summed E-state index contributed by atoms with van der Waals surface area (Å²) in [5.41, 5.74) is 2.80. The predicted octanol–water partition coefficient (Wildman–Crippen LogP) is 5.27. The molecule has 0 radical (unpaired) electrons. The molecule has 3 heteroatoms. The highest BCUT2D eigenvalue weighted by atomic mass is 16.3. The topological polar surface area (TPSA) is 50.4 Å². The molecule has 1 aromatic carbocycles. The van der Waals surface area contributed by atoms with Crippen LogP contribution in [0.25, 0.3) is 17.0 Å². The maximum Gasteiger partial charge on any atom is 0.154 e. The van der Waals surface area contributed by atoms with Gasteiger partial charge in [0.25, 0.3) is 0 Å². The minimum atomic E-state index is 0.0462. The quantitative estimate of drug-likeness (QED) is 0.583. The second kappa shape index (κ2) is 7.12. The fraction of sp³-hybridized carbons (Fsp3) is 0.316. The number of phenols is 1. The molecule has 0 atom stereocenters. The first-order valence-corrected chi connectivity index (χ1v) is 7.60. The maximum absolute atomic E-state index is 11.4. The highest BCUT2D eigenvalue weighted by Gasteiger charge is 2.15. The van der Waals surface area contributed by atoms with Crippen molar-refractivity contribution in [2.24, 2.45) is 0 Å². The molecule has 0 aliphatic carbocycles. The third-order valence-electron chi connectivity index (χ3n) is 3.52. The number of allylic oxidation sites excluding steroid dienone is 3. The molecule has 0 saturated carbocycles. The molecule has 0 saturated heterocycles. The number of carbonyl (C=O) groups excluding carboxylic acids is 1. The normalized spacial score (nSPS) is 11.2. The fourth-order valence-corrected chi connectivity index (χ4v) is 2.31. The number of fused-ring (bicyclic) bond motifs is 1. The maximum atomic E-state index is 11.4. The number of hydrogen-bond acceptors (Lipinski definition) is 3. The molecule has 1 N–H and O–H groups in total. The summed E-state index contributed by atoms with van der Waals surface area (Å²) < 4.78 is 5.78. The Bertz CT molecular complexity index is 729. The number of hydrogen-bond donors (Lipinski definition) is 1. The molecule has 0 aliphatic heterocycles. The van der Waals surface area contributed by atoms with E-state index in [0.29, 0.717) is 40.6 Å². The van der Waals surface area contributed by atoms with Gasteiger partial charge in [-0.1, -0.05) is 31.1 Å². The Morgan fingerprint density at radius 1 is 1.32 bits per heavy atom. The third kappa shape index (κ3) is 3.48. The monoisotopic (exact) mass is 298 g/mol. The Morgan fingerprint density at radius 3 is 2.73 bits per heavy atom. The minimum absolute atomic E-state index is 0.0462. The van der Waals surface area contributed by atoms with Crippen LogP contribution in [-0.4, -0.2) is 11.4 Å². The van der Waals surface area contributed by atoms with Crippen molar-refractivity contribution in [3.63, 3.8) is 0 Å².